The van der Waals surface area contributed by atoms with Crippen molar-refractivity contribution in [3.05, 3.63) is 64.2 Å². The Balaban J connectivity index is 2.29. The highest BCUT2D eigenvalue weighted by molar-refractivity contribution is 5.99. The van der Waals surface area contributed by atoms with Crippen molar-refractivity contribution in [2.24, 2.45) is 0 Å². The topological polar surface area (TPSA) is 84.0 Å². The SMILES string of the molecule is CCCOC1=CC(NC(=O)c2ccc(C)cc2)=C(OCCC)CC1=[N+]=[N-]. The molecule has 0 fully saturated rings. The summed E-state index contributed by atoms with van der Waals surface area (Å²) in [4.78, 5) is 15.9. The molecule has 0 saturated heterocycles. The first-order valence-corrected chi connectivity index (χ1v) is 8.88. The molecule has 1 aliphatic rings. The molecule has 2 rings (SSSR count). The average Bonchev–Trinajstić information content (AvgIpc) is 2.65. The van der Waals surface area contributed by atoms with Gasteiger partial charge in [-0.15, -0.1) is 0 Å². The average molecular weight is 355 g/mol. The number of aryl methyl sites for hydroxylation is 1. The smallest absolute Gasteiger partial charge is 0.341 e. The Hall–Kier alpha value is -2.85. The molecule has 6 heteroatoms. The van der Waals surface area contributed by atoms with E-state index in [-0.39, 0.29) is 12.3 Å². The first-order valence-electron chi connectivity index (χ1n) is 8.88. The molecule has 26 heavy (non-hydrogen) atoms. The van der Waals surface area contributed by atoms with Gasteiger partial charge < -0.3 is 20.3 Å². The highest BCUT2D eigenvalue weighted by Gasteiger charge is 2.29. The van der Waals surface area contributed by atoms with E-state index < -0.39 is 0 Å². The lowest BCUT2D eigenvalue weighted by atomic mass is 10.1. The molecule has 0 unspecified atom stereocenters. The summed E-state index contributed by atoms with van der Waals surface area (Å²) >= 11 is 0. The summed E-state index contributed by atoms with van der Waals surface area (Å²) in [6.45, 7) is 6.97. The number of carbonyl (C=O) groups is 1. The number of rotatable bonds is 8. The van der Waals surface area contributed by atoms with Gasteiger partial charge in [0.2, 0.25) is 5.76 Å². The summed E-state index contributed by atoms with van der Waals surface area (Å²) in [5.74, 6) is 0.773. The molecule has 0 saturated carbocycles. The van der Waals surface area contributed by atoms with Crippen LogP contribution in [0.2, 0.25) is 0 Å². The van der Waals surface area contributed by atoms with Crippen LogP contribution in [-0.4, -0.2) is 29.6 Å². The van der Waals surface area contributed by atoms with Crippen LogP contribution >= 0.6 is 0 Å². The second kappa shape index (κ2) is 9.59. The third-order valence-electron chi connectivity index (χ3n) is 3.81. The van der Waals surface area contributed by atoms with E-state index in [0.717, 1.165) is 18.4 Å². The molecule has 0 atom stereocenters. The van der Waals surface area contributed by atoms with Crippen molar-refractivity contribution >= 4 is 11.6 Å². The maximum absolute atomic E-state index is 12.6. The highest BCUT2D eigenvalue weighted by Crippen LogP contribution is 2.22. The van der Waals surface area contributed by atoms with E-state index >= 15 is 0 Å². The van der Waals surface area contributed by atoms with Crippen molar-refractivity contribution in [3.8, 4) is 0 Å². The molecule has 0 spiro atoms. The number of nitrogens with one attached hydrogen (secondary N) is 1. The maximum Gasteiger partial charge on any atom is 0.341 e. The normalized spacial score (nSPS) is 13.8. The van der Waals surface area contributed by atoms with Gasteiger partial charge in [-0.05, 0) is 31.9 Å². The molecule has 1 aliphatic carbocycles. The molecule has 0 heterocycles. The summed E-state index contributed by atoms with van der Waals surface area (Å²) in [6, 6.07) is 7.33. The van der Waals surface area contributed by atoms with Gasteiger partial charge in [-0.1, -0.05) is 31.5 Å². The number of hydrogen-bond acceptors (Lipinski definition) is 3. The van der Waals surface area contributed by atoms with Gasteiger partial charge in [-0.2, -0.15) is 4.79 Å². The Labute approximate surface area is 154 Å². The summed E-state index contributed by atoms with van der Waals surface area (Å²) in [6.07, 6.45) is 3.57. The lowest BCUT2D eigenvalue weighted by Gasteiger charge is -2.19. The van der Waals surface area contributed by atoms with E-state index in [9.17, 15) is 10.3 Å². The number of carbonyl (C=O) groups excluding carboxylic acids is 1. The van der Waals surface area contributed by atoms with Gasteiger partial charge in [-0.25, -0.2) is 0 Å². The van der Waals surface area contributed by atoms with E-state index in [1.165, 1.54) is 0 Å². The third-order valence-corrected chi connectivity index (χ3v) is 3.81. The number of hydrogen-bond donors (Lipinski definition) is 1. The van der Waals surface area contributed by atoms with E-state index in [1.807, 2.05) is 32.9 Å². The van der Waals surface area contributed by atoms with Crippen LogP contribution in [0, 0.1) is 6.92 Å². The molecule has 138 valence electrons. The van der Waals surface area contributed by atoms with E-state index in [1.54, 1.807) is 18.2 Å². The van der Waals surface area contributed by atoms with Crippen molar-refractivity contribution in [2.45, 2.75) is 40.0 Å². The Morgan fingerprint density at radius 3 is 2.42 bits per heavy atom. The van der Waals surface area contributed by atoms with Crippen molar-refractivity contribution in [3.63, 3.8) is 0 Å². The van der Waals surface area contributed by atoms with Crippen LogP contribution < -0.4 is 5.32 Å². The minimum Gasteiger partial charge on any atom is -0.495 e. The Morgan fingerprint density at radius 1 is 1.15 bits per heavy atom. The fourth-order valence-corrected chi connectivity index (χ4v) is 2.41. The fraction of sp³-hybridized carbons (Fsp3) is 0.400. The van der Waals surface area contributed by atoms with Gasteiger partial charge in [0.05, 0.1) is 18.9 Å². The fourth-order valence-electron chi connectivity index (χ4n) is 2.41. The second-order valence-electron chi connectivity index (χ2n) is 6.09. The lowest BCUT2D eigenvalue weighted by molar-refractivity contribution is -0.0139. The van der Waals surface area contributed by atoms with Gasteiger partial charge in [0, 0.05) is 11.6 Å². The first kappa shape index (κ1) is 19.5. The summed E-state index contributed by atoms with van der Waals surface area (Å²) in [7, 11) is 0. The summed E-state index contributed by atoms with van der Waals surface area (Å²) < 4.78 is 11.4. The molecule has 0 aromatic heterocycles. The van der Waals surface area contributed by atoms with Crippen LogP contribution in [0.25, 0.3) is 5.53 Å². The second-order valence-corrected chi connectivity index (χ2v) is 6.09. The molecule has 1 aromatic carbocycles. The summed E-state index contributed by atoms with van der Waals surface area (Å²) in [5, 5.41) is 2.89. The Kier molecular flexibility index (Phi) is 7.18. The number of ether oxygens (including phenoxy) is 2. The quantitative estimate of drug-likeness (QED) is 0.569. The number of benzene rings is 1. The maximum atomic E-state index is 12.6. The van der Waals surface area contributed by atoms with Crippen molar-refractivity contribution in [1.82, 2.24) is 5.32 Å². The zero-order valence-corrected chi connectivity index (χ0v) is 15.5. The minimum atomic E-state index is -0.229. The number of allylic oxidation sites excluding steroid dienone is 3. The first-order chi connectivity index (χ1) is 12.6. The predicted octanol–water partition coefficient (Wildman–Crippen LogP) is 3.75. The van der Waals surface area contributed by atoms with Crippen molar-refractivity contribution in [2.75, 3.05) is 13.2 Å². The van der Waals surface area contributed by atoms with Gasteiger partial charge in [-0.3, -0.25) is 4.79 Å². The van der Waals surface area contributed by atoms with E-state index in [4.69, 9.17) is 9.47 Å². The van der Waals surface area contributed by atoms with Crippen molar-refractivity contribution < 1.29 is 19.1 Å². The monoisotopic (exact) mass is 355 g/mol. The third kappa shape index (κ3) is 5.07. The summed E-state index contributed by atoms with van der Waals surface area (Å²) in [5.41, 5.74) is 11.8. The molecule has 1 aromatic rings. The van der Waals surface area contributed by atoms with E-state index in [0.29, 0.717) is 41.7 Å². The number of nitrogens with zero attached hydrogens (tertiary/aromatic N) is 2. The molecule has 0 bridgehead atoms. The van der Waals surface area contributed by atoms with Crippen LogP contribution in [-0.2, 0) is 9.47 Å². The Morgan fingerprint density at radius 2 is 1.81 bits per heavy atom. The molecular weight excluding hydrogens is 330 g/mol. The molecular formula is C20H25N3O3. The highest BCUT2D eigenvalue weighted by atomic mass is 16.5. The molecule has 0 aliphatic heterocycles. The zero-order valence-electron chi connectivity index (χ0n) is 15.5. The molecule has 6 nitrogen and oxygen atoms in total. The Bertz CT molecular complexity index is 757. The minimum absolute atomic E-state index is 0.229. The lowest BCUT2D eigenvalue weighted by Crippen LogP contribution is -2.28. The van der Waals surface area contributed by atoms with Gasteiger partial charge in [0.1, 0.15) is 12.2 Å². The van der Waals surface area contributed by atoms with Crippen LogP contribution in [0.4, 0.5) is 0 Å². The van der Waals surface area contributed by atoms with Crippen LogP contribution in [0.5, 0.6) is 0 Å². The van der Waals surface area contributed by atoms with Crippen molar-refractivity contribution in [1.29, 1.82) is 0 Å². The van der Waals surface area contributed by atoms with Crippen LogP contribution in [0.15, 0.2) is 47.6 Å². The molecule has 1 N–H and O–H groups in total. The zero-order chi connectivity index (χ0) is 18.9. The predicted molar refractivity (Wildman–Crippen MR) is 99.5 cm³/mol. The van der Waals surface area contributed by atoms with Crippen LogP contribution in [0.1, 0.15) is 49.0 Å². The largest absolute Gasteiger partial charge is 0.495 e. The van der Waals surface area contributed by atoms with Crippen LogP contribution in [0.3, 0.4) is 0 Å². The standard InChI is InChI=1S/C20H25N3O3/c1-4-10-25-18-13-17(23-21)19(26-11-5-2)12-16(18)22-20(24)15-8-6-14(3)7-9-15/h6-9,12H,4-5,10-11,13H2,1-3H3,(H,22,24). The van der Waals surface area contributed by atoms with Gasteiger partial charge >= 0.3 is 5.71 Å². The number of amides is 1. The molecule has 1 amide bonds. The van der Waals surface area contributed by atoms with Gasteiger partial charge in [0.25, 0.3) is 5.91 Å². The molecule has 0 radical (unpaired) electrons. The van der Waals surface area contributed by atoms with Gasteiger partial charge in [0.15, 0.2) is 0 Å². The van der Waals surface area contributed by atoms with E-state index in [2.05, 4.69) is 10.1 Å².